The van der Waals surface area contributed by atoms with Crippen LogP contribution in [0, 0.1) is 5.92 Å². The molecule has 154 valence electrons. The van der Waals surface area contributed by atoms with Crippen molar-refractivity contribution in [2.24, 2.45) is 5.92 Å². The third kappa shape index (κ3) is 5.57. The van der Waals surface area contributed by atoms with Crippen molar-refractivity contribution in [1.82, 2.24) is 10.2 Å². The highest BCUT2D eigenvalue weighted by atomic mass is 16.5. The van der Waals surface area contributed by atoms with Gasteiger partial charge in [-0.05, 0) is 43.0 Å². The van der Waals surface area contributed by atoms with Crippen LogP contribution in [-0.2, 0) is 22.6 Å². The number of hydrogen-bond acceptors (Lipinski definition) is 4. The quantitative estimate of drug-likeness (QED) is 0.681. The lowest BCUT2D eigenvalue weighted by Crippen LogP contribution is -2.45. The molecule has 0 aliphatic carbocycles. The average Bonchev–Trinajstić information content (AvgIpc) is 3.19. The zero-order valence-electron chi connectivity index (χ0n) is 16.7. The Labute approximate surface area is 171 Å². The maximum atomic E-state index is 12.8. The molecule has 0 spiro atoms. The van der Waals surface area contributed by atoms with Crippen molar-refractivity contribution >= 4 is 11.9 Å². The Morgan fingerprint density at radius 1 is 1.17 bits per heavy atom. The van der Waals surface area contributed by atoms with E-state index >= 15 is 0 Å². The lowest BCUT2D eigenvalue weighted by atomic mass is 9.98. The fraction of sp³-hybridized carbons (Fsp3) is 0.391. The average molecular weight is 396 g/mol. The number of rotatable bonds is 9. The molecule has 6 nitrogen and oxygen atoms in total. The van der Waals surface area contributed by atoms with E-state index in [-0.39, 0.29) is 18.5 Å². The number of hydrogen-bond donors (Lipinski definition) is 2. The normalized spacial score (nSPS) is 17.6. The largest absolute Gasteiger partial charge is 0.496 e. The topological polar surface area (TPSA) is 78.9 Å². The van der Waals surface area contributed by atoms with Crippen LogP contribution in [0.15, 0.2) is 54.6 Å². The molecule has 2 aromatic rings. The number of carbonyl (C=O) groups excluding carboxylic acids is 1. The molecule has 0 radical (unpaired) electrons. The standard InChI is InChI=1S/C23H28N2O4/c1-29-21-12-6-5-10-18(21)14-19(23(27)28)15-24-22(26)20-11-7-13-25(20)16-17-8-3-2-4-9-17/h2-6,8-10,12,19-20H,7,11,13-16H2,1H3,(H,24,26)(H,27,28)/t19-,20-/m0/s1. The first kappa shape index (κ1) is 20.9. The van der Waals surface area contributed by atoms with E-state index in [0.717, 1.165) is 31.5 Å². The third-order valence-electron chi connectivity index (χ3n) is 5.43. The number of aliphatic carboxylic acids is 1. The molecule has 0 saturated carbocycles. The summed E-state index contributed by atoms with van der Waals surface area (Å²) in [5.74, 6) is -1.07. The molecule has 3 rings (SSSR count). The first-order valence-electron chi connectivity index (χ1n) is 9.99. The van der Waals surface area contributed by atoms with Gasteiger partial charge in [-0.2, -0.15) is 0 Å². The minimum atomic E-state index is -0.927. The van der Waals surface area contributed by atoms with Gasteiger partial charge in [0.25, 0.3) is 0 Å². The van der Waals surface area contributed by atoms with Gasteiger partial charge in [0, 0.05) is 13.1 Å². The van der Waals surface area contributed by atoms with E-state index in [1.54, 1.807) is 7.11 Å². The second-order valence-corrected chi connectivity index (χ2v) is 7.41. The second kappa shape index (κ2) is 10.1. The molecule has 2 atom stereocenters. The smallest absolute Gasteiger partial charge is 0.308 e. The van der Waals surface area contributed by atoms with Crippen molar-refractivity contribution in [3.63, 3.8) is 0 Å². The van der Waals surface area contributed by atoms with Crippen molar-refractivity contribution < 1.29 is 19.4 Å². The Balaban J connectivity index is 1.59. The van der Waals surface area contributed by atoms with Crippen LogP contribution in [0.25, 0.3) is 0 Å². The summed E-state index contributed by atoms with van der Waals surface area (Å²) in [7, 11) is 1.57. The molecule has 1 fully saturated rings. The summed E-state index contributed by atoms with van der Waals surface area (Å²) in [4.78, 5) is 26.7. The molecule has 0 aromatic heterocycles. The van der Waals surface area contributed by atoms with Gasteiger partial charge in [-0.1, -0.05) is 48.5 Å². The van der Waals surface area contributed by atoms with Crippen molar-refractivity contribution in [3.05, 3.63) is 65.7 Å². The monoisotopic (exact) mass is 396 g/mol. The molecule has 1 saturated heterocycles. The number of carboxylic acids is 1. The molecule has 0 unspecified atom stereocenters. The van der Waals surface area contributed by atoms with Gasteiger partial charge in [0.15, 0.2) is 0 Å². The maximum Gasteiger partial charge on any atom is 0.308 e. The number of carboxylic acid groups (broad SMARTS) is 1. The van der Waals surface area contributed by atoms with Gasteiger partial charge in [0.1, 0.15) is 5.75 Å². The molecule has 1 amide bonds. The number of ether oxygens (including phenoxy) is 1. The summed E-state index contributed by atoms with van der Waals surface area (Å²) in [6.07, 6.45) is 2.06. The highest BCUT2D eigenvalue weighted by Crippen LogP contribution is 2.22. The molecule has 1 aliphatic heterocycles. The minimum absolute atomic E-state index is 0.0929. The zero-order valence-corrected chi connectivity index (χ0v) is 16.7. The number of carbonyl (C=O) groups is 2. The van der Waals surface area contributed by atoms with E-state index in [0.29, 0.717) is 12.2 Å². The number of amides is 1. The molecule has 2 N–H and O–H groups in total. The van der Waals surface area contributed by atoms with Crippen molar-refractivity contribution in [1.29, 1.82) is 0 Å². The van der Waals surface area contributed by atoms with Crippen LogP contribution in [-0.4, -0.2) is 48.1 Å². The Morgan fingerprint density at radius 2 is 1.90 bits per heavy atom. The van der Waals surface area contributed by atoms with Gasteiger partial charge in [-0.25, -0.2) is 0 Å². The fourth-order valence-electron chi connectivity index (χ4n) is 3.86. The Bertz CT molecular complexity index is 825. The van der Waals surface area contributed by atoms with Crippen molar-refractivity contribution in [3.8, 4) is 5.75 Å². The molecule has 29 heavy (non-hydrogen) atoms. The summed E-state index contributed by atoms with van der Waals surface area (Å²) in [6.45, 7) is 1.70. The number of methoxy groups -OCH3 is 1. The van der Waals surface area contributed by atoms with Gasteiger partial charge in [-0.3, -0.25) is 14.5 Å². The number of nitrogens with one attached hydrogen (secondary N) is 1. The maximum absolute atomic E-state index is 12.8. The molecular weight excluding hydrogens is 368 g/mol. The zero-order chi connectivity index (χ0) is 20.6. The Kier molecular flexibility index (Phi) is 7.25. The van der Waals surface area contributed by atoms with Crippen molar-refractivity contribution in [2.75, 3.05) is 20.2 Å². The van der Waals surface area contributed by atoms with E-state index in [9.17, 15) is 14.7 Å². The van der Waals surface area contributed by atoms with Gasteiger partial charge in [0.05, 0.1) is 19.1 Å². The summed E-state index contributed by atoms with van der Waals surface area (Å²) >= 11 is 0. The number of para-hydroxylation sites is 1. The number of nitrogens with zero attached hydrogens (tertiary/aromatic N) is 1. The van der Waals surface area contributed by atoms with Crippen LogP contribution in [0.2, 0.25) is 0 Å². The van der Waals surface area contributed by atoms with Crippen LogP contribution in [0.3, 0.4) is 0 Å². The molecule has 1 heterocycles. The molecule has 0 bridgehead atoms. The van der Waals surface area contributed by atoms with Crippen molar-refractivity contribution in [2.45, 2.75) is 31.8 Å². The number of benzene rings is 2. The van der Waals surface area contributed by atoms with Gasteiger partial charge in [-0.15, -0.1) is 0 Å². The first-order valence-corrected chi connectivity index (χ1v) is 9.99. The lowest BCUT2D eigenvalue weighted by Gasteiger charge is -2.24. The fourth-order valence-corrected chi connectivity index (χ4v) is 3.86. The molecular formula is C23H28N2O4. The third-order valence-corrected chi connectivity index (χ3v) is 5.43. The highest BCUT2D eigenvalue weighted by molar-refractivity contribution is 5.82. The summed E-state index contributed by atoms with van der Waals surface area (Å²) in [5, 5.41) is 12.5. The number of likely N-dealkylation sites (tertiary alicyclic amines) is 1. The van der Waals surface area contributed by atoms with E-state index < -0.39 is 11.9 Å². The summed E-state index contributed by atoms with van der Waals surface area (Å²) in [5.41, 5.74) is 2.00. The predicted octanol–water partition coefficient (Wildman–Crippen LogP) is 2.72. The van der Waals surface area contributed by atoms with Crippen LogP contribution in [0.1, 0.15) is 24.0 Å². The SMILES string of the molecule is COc1ccccc1C[C@@H](CNC(=O)[C@@H]1CCCN1Cc1ccccc1)C(=O)O. The van der Waals surface area contributed by atoms with Gasteiger partial charge < -0.3 is 15.2 Å². The Hall–Kier alpha value is -2.86. The molecule has 1 aliphatic rings. The van der Waals surface area contributed by atoms with Crippen LogP contribution >= 0.6 is 0 Å². The Morgan fingerprint density at radius 3 is 2.62 bits per heavy atom. The van der Waals surface area contributed by atoms with Crippen LogP contribution < -0.4 is 10.1 Å². The van der Waals surface area contributed by atoms with Gasteiger partial charge >= 0.3 is 5.97 Å². The molecule has 6 heteroatoms. The van der Waals surface area contributed by atoms with E-state index in [1.165, 1.54) is 5.56 Å². The predicted molar refractivity (Wildman–Crippen MR) is 111 cm³/mol. The van der Waals surface area contributed by atoms with Crippen LogP contribution in [0.5, 0.6) is 5.75 Å². The van der Waals surface area contributed by atoms with Gasteiger partial charge in [0.2, 0.25) is 5.91 Å². The molecule has 2 aromatic carbocycles. The van der Waals surface area contributed by atoms with E-state index in [2.05, 4.69) is 22.3 Å². The summed E-state index contributed by atoms with van der Waals surface area (Å²) < 4.78 is 5.32. The van der Waals surface area contributed by atoms with E-state index in [4.69, 9.17) is 4.74 Å². The highest BCUT2D eigenvalue weighted by Gasteiger charge is 2.31. The van der Waals surface area contributed by atoms with E-state index in [1.807, 2.05) is 42.5 Å². The lowest BCUT2D eigenvalue weighted by molar-refractivity contribution is -0.141. The second-order valence-electron chi connectivity index (χ2n) is 7.41. The summed E-state index contributed by atoms with van der Waals surface area (Å²) in [6, 6.07) is 17.2. The minimum Gasteiger partial charge on any atom is -0.496 e. The van der Waals surface area contributed by atoms with Crippen LogP contribution in [0.4, 0.5) is 0 Å². The first-order chi connectivity index (χ1) is 14.1.